The molecule has 4 nitrogen and oxygen atoms in total. The second-order valence-electron chi connectivity index (χ2n) is 5.83. The molecule has 1 aliphatic heterocycles. The van der Waals surface area contributed by atoms with E-state index in [9.17, 15) is 0 Å². The standard InChI is InChI=1S/C17H25NO3/c1-3-20-16-11-15(17(16)9-6-10-21-17)18-12-13-7-4-5-8-14(13)19-2/h4-5,7-8,15-16,18H,3,6,9-12H2,1-2H3/t15?,16-,17-/m0/s1. The average Bonchev–Trinajstić information content (AvgIpc) is 3.03. The second-order valence-corrected chi connectivity index (χ2v) is 5.83. The van der Waals surface area contributed by atoms with E-state index < -0.39 is 0 Å². The molecule has 3 rings (SSSR count). The minimum Gasteiger partial charge on any atom is -0.496 e. The van der Waals surface area contributed by atoms with E-state index in [1.54, 1.807) is 7.11 Å². The Morgan fingerprint density at radius 2 is 2.24 bits per heavy atom. The Balaban J connectivity index is 1.63. The predicted molar refractivity (Wildman–Crippen MR) is 81.6 cm³/mol. The van der Waals surface area contributed by atoms with E-state index >= 15 is 0 Å². The third-order valence-electron chi connectivity index (χ3n) is 4.77. The van der Waals surface area contributed by atoms with Crippen LogP contribution in [0.25, 0.3) is 0 Å². The van der Waals surface area contributed by atoms with Crippen molar-refractivity contribution in [2.45, 2.75) is 50.5 Å². The summed E-state index contributed by atoms with van der Waals surface area (Å²) in [5.74, 6) is 0.937. The minimum atomic E-state index is -0.0992. The molecule has 1 saturated heterocycles. The van der Waals surface area contributed by atoms with Crippen LogP contribution in [0, 0.1) is 0 Å². The lowest BCUT2D eigenvalue weighted by atomic mass is 9.70. The van der Waals surface area contributed by atoms with Gasteiger partial charge >= 0.3 is 0 Å². The number of methoxy groups -OCH3 is 1. The van der Waals surface area contributed by atoms with Crippen LogP contribution in [0.5, 0.6) is 5.75 Å². The molecule has 0 aromatic heterocycles. The molecule has 1 aromatic rings. The van der Waals surface area contributed by atoms with Gasteiger partial charge in [-0.25, -0.2) is 0 Å². The molecular formula is C17H25NO3. The van der Waals surface area contributed by atoms with Crippen LogP contribution in [0.4, 0.5) is 0 Å². The fourth-order valence-electron chi connectivity index (χ4n) is 3.64. The van der Waals surface area contributed by atoms with Gasteiger partial charge in [0.05, 0.1) is 13.2 Å². The quantitative estimate of drug-likeness (QED) is 0.874. The van der Waals surface area contributed by atoms with E-state index in [0.717, 1.165) is 44.8 Å². The van der Waals surface area contributed by atoms with Crippen molar-refractivity contribution in [3.05, 3.63) is 29.8 Å². The number of hydrogen-bond donors (Lipinski definition) is 1. The summed E-state index contributed by atoms with van der Waals surface area (Å²) >= 11 is 0. The number of nitrogens with one attached hydrogen (secondary N) is 1. The van der Waals surface area contributed by atoms with E-state index in [1.807, 2.05) is 18.2 Å². The zero-order valence-corrected chi connectivity index (χ0v) is 12.9. The van der Waals surface area contributed by atoms with E-state index in [2.05, 4.69) is 18.3 Å². The topological polar surface area (TPSA) is 39.7 Å². The lowest BCUT2D eigenvalue weighted by molar-refractivity contribution is -0.197. The first-order chi connectivity index (χ1) is 10.3. The van der Waals surface area contributed by atoms with Crippen LogP contribution in [-0.2, 0) is 16.0 Å². The molecule has 1 saturated carbocycles. The van der Waals surface area contributed by atoms with E-state index in [4.69, 9.17) is 14.2 Å². The van der Waals surface area contributed by atoms with Gasteiger partial charge in [-0.1, -0.05) is 18.2 Å². The summed E-state index contributed by atoms with van der Waals surface area (Å²) in [6, 6.07) is 8.53. The first-order valence-electron chi connectivity index (χ1n) is 7.91. The molecule has 0 bridgehead atoms. The lowest BCUT2D eigenvalue weighted by Gasteiger charge is -2.52. The largest absolute Gasteiger partial charge is 0.496 e. The van der Waals surface area contributed by atoms with Crippen molar-refractivity contribution < 1.29 is 14.2 Å². The molecule has 0 amide bonds. The van der Waals surface area contributed by atoms with Gasteiger partial charge in [-0.2, -0.15) is 0 Å². The van der Waals surface area contributed by atoms with Crippen molar-refractivity contribution in [1.29, 1.82) is 0 Å². The summed E-state index contributed by atoms with van der Waals surface area (Å²) in [6.45, 7) is 4.47. The first-order valence-corrected chi connectivity index (χ1v) is 7.91. The summed E-state index contributed by atoms with van der Waals surface area (Å²) in [7, 11) is 1.72. The van der Waals surface area contributed by atoms with Gasteiger partial charge in [0.1, 0.15) is 11.4 Å². The molecule has 1 aromatic carbocycles. The highest BCUT2D eigenvalue weighted by Crippen LogP contribution is 2.45. The molecule has 116 valence electrons. The third-order valence-corrected chi connectivity index (χ3v) is 4.77. The number of benzene rings is 1. The zero-order chi connectivity index (χ0) is 14.7. The molecule has 1 aliphatic carbocycles. The van der Waals surface area contributed by atoms with Crippen molar-refractivity contribution in [3.63, 3.8) is 0 Å². The molecular weight excluding hydrogens is 266 g/mol. The third kappa shape index (κ3) is 2.68. The average molecular weight is 291 g/mol. The molecule has 21 heavy (non-hydrogen) atoms. The first kappa shape index (κ1) is 14.8. The summed E-state index contributed by atoms with van der Waals surface area (Å²) in [4.78, 5) is 0. The maximum Gasteiger partial charge on any atom is 0.123 e. The smallest absolute Gasteiger partial charge is 0.123 e. The molecule has 0 radical (unpaired) electrons. The number of rotatable bonds is 6. The Bertz CT molecular complexity index is 471. The maximum atomic E-state index is 6.08. The summed E-state index contributed by atoms with van der Waals surface area (Å²) in [5, 5.41) is 3.65. The lowest BCUT2D eigenvalue weighted by Crippen LogP contribution is -2.68. The van der Waals surface area contributed by atoms with Gasteiger partial charge in [-0.3, -0.25) is 0 Å². The van der Waals surface area contributed by atoms with Gasteiger partial charge in [0.25, 0.3) is 0 Å². The highest BCUT2D eigenvalue weighted by molar-refractivity contribution is 5.33. The summed E-state index contributed by atoms with van der Waals surface area (Å²) in [5.41, 5.74) is 1.09. The Kier molecular flexibility index (Phi) is 4.48. The van der Waals surface area contributed by atoms with Crippen LogP contribution >= 0.6 is 0 Å². The number of ether oxygens (including phenoxy) is 3. The molecule has 1 N–H and O–H groups in total. The Labute approximate surface area is 126 Å². The molecule has 1 spiro atoms. The number of hydrogen-bond acceptors (Lipinski definition) is 4. The Hall–Kier alpha value is -1.10. The Morgan fingerprint density at radius 1 is 1.38 bits per heavy atom. The minimum absolute atomic E-state index is 0.0992. The predicted octanol–water partition coefficient (Wildman–Crippen LogP) is 2.51. The van der Waals surface area contributed by atoms with Gasteiger partial charge in [0.15, 0.2) is 0 Å². The normalized spacial score (nSPS) is 31.3. The van der Waals surface area contributed by atoms with Crippen LogP contribution in [0.2, 0.25) is 0 Å². The van der Waals surface area contributed by atoms with Gasteiger partial charge < -0.3 is 19.5 Å². The summed E-state index contributed by atoms with van der Waals surface area (Å²) < 4.78 is 17.3. The maximum absolute atomic E-state index is 6.08. The molecule has 4 heteroatoms. The van der Waals surface area contributed by atoms with Gasteiger partial charge in [-0.15, -0.1) is 0 Å². The second kappa shape index (κ2) is 6.34. The van der Waals surface area contributed by atoms with Crippen LogP contribution in [-0.4, -0.2) is 38.1 Å². The molecule has 1 heterocycles. The molecule has 2 aliphatic rings. The van der Waals surface area contributed by atoms with Crippen LogP contribution in [0.3, 0.4) is 0 Å². The van der Waals surface area contributed by atoms with Gasteiger partial charge in [0.2, 0.25) is 0 Å². The van der Waals surface area contributed by atoms with Crippen molar-refractivity contribution in [2.24, 2.45) is 0 Å². The molecule has 3 atom stereocenters. The number of para-hydroxylation sites is 1. The van der Waals surface area contributed by atoms with E-state index in [1.165, 1.54) is 5.56 Å². The molecule has 1 unspecified atom stereocenters. The SMILES string of the molecule is CCO[C@H]1CC(NCc2ccccc2OC)[C@@]12CCCO2. The highest BCUT2D eigenvalue weighted by Gasteiger charge is 2.58. The monoisotopic (exact) mass is 291 g/mol. The Morgan fingerprint density at radius 3 is 2.95 bits per heavy atom. The van der Waals surface area contributed by atoms with E-state index in [0.29, 0.717) is 6.04 Å². The highest BCUT2D eigenvalue weighted by atomic mass is 16.6. The van der Waals surface area contributed by atoms with Crippen molar-refractivity contribution in [1.82, 2.24) is 5.32 Å². The molecule has 2 fully saturated rings. The van der Waals surface area contributed by atoms with E-state index in [-0.39, 0.29) is 11.7 Å². The van der Waals surface area contributed by atoms with Crippen molar-refractivity contribution >= 4 is 0 Å². The van der Waals surface area contributed by atoms with Crippen molar-refractivity contribution in [3.8, 4) is 5.75 Å². The van der Waals surface area contributed by atoms with Crippen LogP contribution in [0.15, 0.2) is 24.3 Å². The fraction of sp³-hybridized carbons (Fsp3) is 0.647. The van der Waals surface area contributed by atoms with Crippen molar-refractivity contribution in [2.75, 3.05) is 20.3 Å². The van der Waals surface area contributed by atoms with Crippen LogP contribution < -0.4 is 10.1 Å². The zero-order valence-electron chi connectivity index (χ0n) is 12.9. The van der Waals surface area contributed by atoms with Crippen LogP contribution in [0.1, 0.15) is 31.7 Å². The fourth-order valence-corrected chi connectivity index (χ4v) is 3.64. The summed E-state index contributed by atoms with van der Waals surface area (Å²) in [6.07, 6.45) is 3.51. The van der Waals surface area contributed by atoms with Gasteiger partial charge in [-0.05, 0) is 32.3 Å². The van der Waals surface area contributed by atoms with Gasteiger partial charge in [0, 0.05) is 31.4 Å².